The first-order valence-electron chi connectivity index (χ1n) is 7.85. The molecule has 3 heteroatoms. The van der Waals surface area contributed by atoms with Crippen LogP contribution >= 0.6 is 0 Å². The van der Waals surface area contributed by atoms with Crippen molar-refractivity contribution in [1.29, 1.82) is 0 Å². The summed E-state index contributed by atoms with van der Waals surface area (Å²) in [6.45, 7) is 7.56. The van der Waals surface area contributed by atoms with Crippen LogP contribution in [0.2, 0.25) is 0 Å². The van der Waals surface area contributed by atoms with Crippen LogP contribution in [0, 0.1) is 12.8 Å². The molecule has 3 nitrogen and oxygen atoms in total. The topological polar surface area (TPSA) is 24.5 Å². The lowest BCUT2D eigenvalue weighted by atomic mass is 9.93. The first kappa shape index (κ1) is 15.3. The molecular weight excluding hydrogens is 248 g/mol. The molecule has 1 aromatic carbocycles. The van der Waals surface area contributed by atoms with Crippen LogP contribution in [0.5, 0.6) is 5.75 Å². The van der Waals surface area contributed by atoms with Crippen molar-refractivity contribution >= 4 is 0 Å². The molecule has 1 N–H and O–H groups in total. The molecule has 0 aromatic heterocycles. The first-order valence-corrected chi connectivity index (χ1v) is 7.85. The molecule has 0 amide bonds. The minimum Gasteiger partial charge on any atom is -0.492 e. The highest BCUT2D eigenvalue weighted by molar-refractivity contribution is 5.31. The Morgan fingerprint density at radius 2 is 2.00 bits per heavy atom. The summed E-state index contributed by atoms with van der Waals surface area (Å²) >= 11 is 0. The number of ether oxygens (including phenoxy) is 1. The molecule has 1 heterocycles. The Morgan fingerprint density at radius 3 is 2.70 bits per heavy atom. The Bertz CT molecular complexity index is 386. The highest BCUT2D eigenvalue weighted by Gasteiger charge is 2.18. The maximum atomic E-state index is 5.88. The first-order chi connectivity index (χ1) is 9.79. The predicted octanol–water partition coefficient (Wildman–Crippen LogP) is 2.70. The van der Waals surface area contributed by atoms with Gasteiger partial charge in [-0.2, -0.15) is 0 Å². The quantitative estimate of drug-likeness (QED) is 0.828. The van der Waals surface area contributed by atoms with Gasteiger partial charge in [0, 0.05) is 6.54 Å². The molecule has 1 fully saturated rings. The van der Waals surface area contributed by atoms with Gasteiger partial charge in [0.05, 0.1) is 0 Å². The van der Waals surface area contributed by atoms with Crippen LogP contribution in [0.1, 0.15) is 24.8 Å². The van der Waals surface area contributed by atoms with E-state index in [9.17, 15) is 0 Å². The molecule has 0 saturated carbocycles. The molecule has 1 aromatic rings. The second-order valence-corrected chi connectivity index (χ2v) is 5.79. The lowest BCUT2D eigenvalue weighted by Gasteiger charge is -2.31. The molecule has 20 heavy (non-hydrogen) atoms. The van der Waals surface area contributed by atoms with Crippen LogP contribution < -0.4 is 10.1 Å². The largest absolute Gasteiger partial charge is 0.492 e. The maximum Gasteiger partial charge on any atom is 0.122 e. The fourth-order valence-electron chi connectivity index (χ4n) is 2.85. The summed E-state index contributed by atoms with van der Waals surface area (Å²) in [5.74, 6) is 1.94. The van der Waals surface area contributed by atoms with Gasteiger partial charge >= 0.3 is 0 Å². The van der Waals surface area contributed by atoms with Gasteiger partial charge in [0.1, 0.15) is 12.4 Å². The molecule has 0 aliphatic carbocycles. The predicted molar refractivity (Wildman–Crippen MR) is 84.4 cm³/mol. The average molecular weight is 276 g/mol. The van der Waals surface area contributed by atoms with E-state index in [1.165, 1.54) is 37.9 Å². The highest BCUT2D eigenvalue weighted by Crippen LogP contribution is 2.20. The summed E-state index contributed by atoms with van der Waals surface area (Å²) in [5.41, 5.74) is 1.22. The summed E-state index contributed by atoms with van der Waals surface area (Å²) in [7, 11) is 2.04. The van der Waals surface area contributed by atoms with Gasteiger partial charge in [-0.3, -0.25) is 4.90 Å². The smallest absolute Gasteiger partial charge is 0.122 e. The Morgan fingerprint density at radius 1 is 1.25 bits per heavy atom. The Kier molecular flexibility index (Phi) is 6.34. The molecule has 1 aliphatic heterocycles. The number of rotatable bonds is 7. The van der Waals surface area contributed by atoms with Gasteiger partial charge in [-0.05, 0) is 70.4 Å². The van der Waals surface area contributed by atoms with Crippen LogP contribution in [0.3, 0.4) is 0 Å². The molecule has 0 unspecified atom stereocenters. The standard InChI is InChI=1S/C17H28N2O/c1-15-5-3-4-6-17(15)20-14-13-19-11-8-16(9-12-19)7-10-18-2/h3-6,16,18H,7-14H2,1-2H3. The summed E-state index contributed by atoms with van der Waals surface area (Å²) < 4.78 is 5.88. The van der Waals surface area contributed by atoms with Gasteiger partial charge in [0.15, 0.2) is 0 Å². The lowest BCUT2D eigenvalue weighted by Crippen LogP contribution is -2.37. The molecule has 0 bridgehead atoms. The third kappa shape index (κ3) is 4.80. The van der Waals surface area contributed by atoms with Crippen molar-refractivity contribution in [2.75, 3.05) is 39.8 Å². The SMILES string of the molecule is CNCCC1CCN(CCOc2ccccc2C)CC1. The monoisotopic (exact) mass is 276 g/mol. The van der Waals surface area contributed by atoms with Gasteiger partial charge in [0.25, 0.3) is 0 Å². The number of likely N-dealkylation sites (tertiary alicyclic amines) is 1. The number of nitrogens with one attached hydrogen (secondary N) is 1. The minimum atomic E-state index is 0.798. The van der Waals surface area contributed by atoms with Crippen molar-refractivity contribution in [2.45, 2.75) is 26.2 Å². The second kappa shape index (κ2) is 8.28. The van der Waals surface area contributed by atoms with Gasteiger partial charge in [0.2, 0.25) is 0 Å². The zero-order valence-electron chi connectivity index (χ0n) is 12.9. The van der Waals surface area contributed by atoms with Crippen LogP contribution in [0.25, 0.3) is 0 Å². The molecular formula is C17H28N2O. The number of hydrogen-bond donors (Lipinski definition) is 1. The summed E-state index contributed by atoms with van der Waals surface area (Å²) in [6.07, 6.45) is 4.00. The Hall–Kier alpha value is -1.06. The number of nitrogens with zero attached hydrogens (tertiary/aromatic N) is 1. The molecule has 112 valence electrons. The van der Waals surface area contributed by atoms with E-state index < -0.39 is 0 Å². The van der Waals surface area contributed by atoms with Crippen molar-refractivity contribution in [2.24, 2.45) is 5.92 Å². The minimum absolute atomic E-state index is 0.798. The third-order valence-corrected chi connectivity index (χ3v) is 4.27. The summed E-state index contributed by atoms with van der Waals surface area (Å²) in [5, 5.41) is 3.25. The molecule has 0 atom stereocenters. The normalized spacial score (nSPS) is 17.3. The highest BCUT2D eigenvalue weighted by atomic mass is 16.5. The van der Waals surface area contributed by atoms with Crippen LogP contribution in [0.15, 0.2) is 24.3 Å². The second-order valence-electron chi connectivity index (χ2n) is 5.79. The van der Waals surface area contributed by atoms with Crippen LogP contribution in [-0.2, 0) is 0 Å². The van der Waals surface area contributed by atoms with Crippen molar-refractivity contribution < 1.29 is 4.74 Å². The fourth-order valence-corrected chi connectivity index (χ4v) is 2.85. The molecule has 1 aliphatic rings. The lowest BCUT2D eigenvalue weighted by molar-refractivity contribution is 0.151. The van der Waals surface area contributed by atoms with Gasteiger partial charge < -0.3 is 10.1 Å². The maximum absolute atomic E-state index is 5.88. The van der Waals surface area contributed by atoms with Crippen molar-refractivity contribution in [3.05, 3.63) is 29.8 Å². The van der Waals surface area contributed by atoms with E-state index >= 15 is 0 Å². The zero-order chi connectivity index (χ0) is 14.2. The molecule has 0 spiro atoms. The summed E-state index contributed by atoms with van der Waals surface area (Å²) in [6, 6.07) is 8.25. The van der Waals surface area contributed by atoms with Crippen molar-refractivity contribution in [3.8, 4) is 5.75 Å². The van der Waals surface area contributed by atoms with Gasteiger partial charge in [-0.25, -0.2) is 0 Å². The van der Waals surface area contributed by atoms with E-state index in [4.69, 9.17) is 4.74 Å². The molecule has 1 saturated heterocycles. The van der Waals surface area contributed by atoms with E-state index in [0.717, 1.165) is 31.4 Å². The zero-order valence-corrected chi connectivity index (χ0v) is 12.9. The van der Waals surface area contributed by atoms with Crippen LogP contribution in [0.4, 0.5) is 0 Å². The number of hydrogen-bond acceptors (Lipinski definition) is 3. The number of para-hydroxylation sites is 1. The Labute approximate surface area is 123 Å². The number of benzene rings is 1. The van der Waals surface area contributed by atoms with Gasteiger partial charge in [-0.1, -0.05) is 18.2 Å². The van der Waals surface area contributed by atoms with Gasteiger partial charge in [-0.15, -0.1) is 0 Å². The van der Waals surface area contributed by atoms with E-state index in [1.807, 2.05) is 13.1 Å². The number of piperidine rings is 1. The van der Waals surface area contributed by atoms with Crippen molar-refractivity contribution in [1.82, 2.24) is 10.2 Å². The summed E-state index contributed by atoms with van der Waals surface area (Å²) in [4.78, 5) is 2.54. The number of aryl methyl sites for hydroxylation is 1. The molecule has 0 radical (unpaired) electrons. The van der Waals surface area contributed by atoms with Crippen molar-refractivity contribution in [3.63, 3.8) is 0 Å². The Balaban J connectivity index is 1.63. The van der Waals surface area contributed by atoms with E-state index in [-0.39, 0.29) is 0 Å². The molecule has 2 rings (SSSR count). The van der Waals surface area contributed by atoms with Crippen LogP contribution in [-0.4, -0.2) is 44.7 Å². The third-order valence-electron chi connectivity index (χ3n) is 4.27. The van der Waals surface area contributed by atoms with E-state index in [1.54, 1.807) is 0 Å². The van der Waals surface area contributed by atoms with E-state index in [0.29, 0.717) is 0 Å². The average Bonchev–Trinajstić information content (AvgIpc) is 2.48. The van der Waals surface area contributed by atoms with E-state index in [2.05, 4.69) is 35.3 Å². The fraction of sp³-hybridized carbons (Fsp3) is 0.647.